The van der Waals surface area contributed by atoms with E-state index in [4.69, 9.17) is 0 Å². The zero-order valence-electron chi connectivity index (χ0n) is 12.5. The van der Waals surface area contributed by atoms with Gasteiger partial charge in [0, 0.05) is 29.2 Å². The van der Waals surface area contributed by atoms with Crippen molar-refractivity contribution in [3.63, 3.8) is 0 Å². The van der Waals surface area contributed by atoms with Crippen molar-refractivity contribution in [2.45, 2.75) is 6.92 Å². The van der Waals surface area contributed by atoms with Crippen molar-refractivity contribution in [3.05, 3.63) is 77.5 Å². The third kappa shape index (κ3) is 2.55. The van der Waals surface area contributed by atoms with Crippen LogP contribution in [0.15, 0.2) is 60.7 Å². The second kappa shape index (κ2) is 5.84. The molecular weight excluding hydrogens is 254 g/mol. The van der Waals surface area contributed by atoms with Crippen LogP contribution >= 0.6 is 0 Å². The molecule has 0 bridgehead atoms. The highest BCUT2D eigenvalue weighted by molar-refractivity contribution is 5.96. The Kier molecular flexibility index (Phi) is 3.74. The van der Waals surface area contributed by atoms with Crippen LogP contribution < -0.4 is 0 Å². The Balaban J connectivity index is 2.17. The fraction of sp³-hybridized carbons (Fsp3) is 0.100. The highest BCUT2D eigenvalue weighted by Crippen LogP contribution is 2.28. The van der Waals surface area contributed by atoms with Gasteiger partial charge in [0.05, 0.1) is 0 Å². The molecule has 0 saturated heterocycles. The van der Waals surface area contributed by atoms with Gasteiger partial charge in [-0.05, 0) is 24.6 Å². The van der Waals surface area contributed by atoms with Crippen molar-refractivity contribution in [2.24, 2.45) is 7.05 Å². The van der Waals surface area contributed by atoms with Crippen LogP contribution in [0, 0.1) is 0 Å². The van der Waals surface area contributed by atoms with Gasteiger partial charge in [-0.1, -0.05) is 66.8 Å². The summed E-state index contributed by atoms with van der Waals surface area (Å²) in [5.74, 6) is 0. The molecule has 1 aromatic heterocycles. The summed E-state index contributed by atoms with van der Waals surface area (Å²) in [6.45, 7) is 2.06. The summed E-state index contributed by atoms with van der Waals surface area (Å²) >= 11 is 0. The first-order valence-corrected chi connectivity index (χ1v) is 7.24. The highest BCUT2D eigenvalue weighted by atomic mass is 14.9. The number of nitrogens with zero attached hydrogens (tertiary/aromatic N) is 1. The van der Waals surface area contributed by atoms with E-state index in [1.807, 2.05) is 6.07 Å². The van der Waals surface area contributed by atoms with E-state index >= 15 is 0 Å². The minimum atomic E-state index is 1.22. The average Bonchev–Trinajstić information content (AvgIpc) is 2.80. The van der Waals surface area contributed by atoms with Crippen LogP contribution in [0.2, 0.25) is 0 Å². The van der Waals surface area contributed by atoms with Crippen LogP contribution in [-0.2, 0) is 7.05 Å². The standard InChI is InChI=1S/C20H19N/c1-3-9-19-18(15-14-16-10-5-4-6-11-16)17-12-7-8-13-20(17)21(19)2/h3-15H,1-2H3/b9-3+,15-14-. The molecule has 2 aromatic carbocycles. The first kappa shape index (κ1) is 13.4. The predicted molar refractivity (Wildman–Crippen MR) is 93.0 cm³/mol. The number of aromatic nitrogens is 1. The fourth-order valence-electron chi connectivity index (χ4n) is 2.72. The van der Waals surface area contributed by atoms with Crippen LogP contribution in [0.3, 0.4) is 0 Å². The van der Waals surface area contributed by atoms with Gasteiger partial charge in [0.15, 0.2) is 0 Å². The normalized spacial score (nSPS) is 11.9. The van der Waals surface area contributed by atoms with E-state index in [2.05, 4.69) is 91.4 Å². The molecule has 0 aliphatic heterocycles. The summed E-state index contributed by atoms with van der Waals surface area (Å²) in [5.41, 5.74) is 5.00. The monoisotopic (exact) mass is 273 g/mol. The molecule has 0 amide bonds. The van der Waals surface area contributed by atoms with Gasteiger partial charge in [-0.3, -0.25) is 0 Å². The number of aryl methyl sites for hydroxylation is 1. The third-order valence-corrected chi connectivity index (χ3v) is 3.76. The topological polar surface area (TPSA) is 4.93 Å². The second-order valence-corrected chi connectivity index (χ2v) is 5.12. The van der Waals surface area contributed by atoms with Crippen LogP contribution in [0.1, 0.15) is 23.7 Å². The Morgan fingerprint density at radius 2 is 1.52 bits per heavy atom. The van der Waals surface area contributed by atoms with E-state index in [0.29, 0.717) is 0 Å². The highest BCUT2D eigenvalue weighted by Gasteiger charge is 2.09. The van der Waals surface area contributed by atoms with Crippen molar-refractivity contribution in [2.75, 3.05) is 0 Å². The number of benzene rings is 2. The zero-order chi connectivity index (χ0) is 14.7. The molecule has 0 aliphatic carbocycles. The van der Waals surface area contributed by atoms with Gasteiger partial charge in [-0.25, -0.2) is 0 Å². The molecule has 0 unspecified atom stereocenters. The minimum Gasteiger partial charge on any atom is -0.344 e. The first-order valence-electron chi connectivity index (χ1n) is 7.24. The molecule has 1 nitrogen and oxygen atoms in total. The number of para-hydroxylation sites is 1. The largest absolute Gasteiger partial charge is 0.344 e. The minimum absolute atomic E-state index is 1.22. The van der Waals surface area contributed by atoms with Crippen molar-refractivity contribution in [1.29, 1.82) is 0 Å². The summed E-state index contributed by atoms with van der Waals surface area (Å²) in [6.07, 6.45) is 8.65. The number of fused-ring (bicyclic) bond motifs is 1. The van der Waals surface area contributed by atoms with Crippen molar-refractivity contribution >= 4 is 29.1 Å². The van der Waals surface area contributed by atoms with Gasteiger partial charge < -0.3 is 4.57 Å². The molecule has 0 spiro atoms. The average molecular weight is 273 g/mol. The lowest BCUT2D eigenvalue weighted by Crippen LogP contribution is -1.90. The number of hydrogen-bond donors (Lipinski definition) is 0. The molecule has 0 radical (unpaired) electrons. The van der Waals surface area contributed by atoms with Crippen LogP contribution in [0.4, 0.5) is 0 Å². The first-order chi connectivity index (χ1) is 10.3. The molecule has 3 rings (SSSR count). The van der Waals surface area contributed by atoms with E-state index in [9.17, 15) is 0 Å². The van der Waals surface area contributed by atoms with Gasteiger partial charge in [-0.2, -0.15) is 0 Å². The van der Waals surface area contributed by atoms with Crippen LogP contribution in [0.25, 0.3) is 29.1 Å². The van der Waals surface area contributed by atoms with E-state index < -0.39 is 0 Å². The van der Waals surface area contributed by atoms with Crippen LogP contribution in [0.5, 0.6) is 0 Å². The molecule has 104 valence electrons. The van der Waals surface area contributed by atoms with E-state index in [1.165, 1.54) is 27.7 Å². The summed E-state index contributed by atoms with van der Waals surface area (Å²) < 4.78 is 2.25. The quantitative estimate of drug-likeness (QED) is 0.603. The fourth-order valence-corrected chi connectivity index (χ4v) is 2.72. The molecule has 0 fully saturated rings. The Morgan fingerprint density at radius 3 is 2.29 bits per heavy atom. The number of allylic oxidation sites excluding steroid dienone is 1. The number of rotatable bonds is 3. The molecule has 0 atom stereocenters. The zero-order valence-corrected chi connectivity index (χ0v) is 12.5. The second-order valence-electron chi connectivity index (χ2n) is 5.12. The Bertz CT molecular complexity index is 804. The molecule has 0 aliphatic rings. The maximum atomic E-state index is 2.25. The van der Waals surface area contributed by atoms with Gasteiger partial charge >= 0.3 is 0 Å². The smallest absolute Gasteiger partial charge is 0.0488 e. The maximum absolute atomic E-state index is 2.25. The predicted octanol–water partition coefficient (Wildman–Crippen LogP) is 5.38. The Morgan fingerprint density at radius 1 is 0.810 bits per heavy atom. The summed E-state index contributed by atoms with van der Waals surface area (Å²) in [4.78, 5) is 0. The number of hydrogen-bond acceptors (Lipinski definition) is 0. The maximum Gasteiger partial charge on any atom is 0.0488 e. The Labute approximate surface area is 125 Å². The lowest BCUT2D eigenvalue weighted by atomic mass is 10.1. The Hall–Kier alpha value is -2.54. The molecule has 21 heavy (non-hydrogen) atoms. The molecule has 1 heterocycles. The lowest BCUT2D eigenvalue weighted by Gasteiger charge is -1.99. The summed E-state index contributed by atoms with van der Waals surface area (Å²) in [6, 6.07) is 19.0. The van der Waals surface area contributed by atoms with Crippen LogP contribution in [-0.4, -0.2) is 4.57 Å². The third-order valence-electron chi connectivity index (χ3n) is 3.76. The SMILES string of the molecule is C/C=C/c1c(/C=C\c2ccccc2)c2ccccc2n1C. The molecular formula is C20H19N. The summed E-state index contributed by atoms with van der Waals surface area (Å²) in [5, 5.41) is 1.29. The molecule has 1 heteroatoms. The van der Waals surface area contributed by atoms with Gasteiger partial charge in [0.1, 0.15) is 0 Å². The lowest BCUT2D eigenvalue weighted by molar-refractivity contribution is 0.953. The van der Waals surface area contributed by atoms with E-state index in [1.54, 1.807) is 0 Å². The van der Waals surface area contributed by atoms with E-state index in [0.717, 1.165) is 0 Å². The molecule has 0 saturated carbocycles. The molecule has 3 aromatic rings. The van der Waals surface area contributed by atoms with Crippen molar-refractivity contribution < 1.29 is 0 Å². The van der Waals surface area contributed by atoms with Crippen molar-refractivity contribution in [1.82, 2.24) is 4.57 Å². The summed E-state index contributed by atoms with van der Waals surface area (Å²) in [7, 11) is 2.12. The van der Waals surface area contributed by atoms with Gasteiger partial charge in [0.2, 0.25) is 0 Å². The van der Waals surface area contributed by atoms with E-state index in [-0.39, 0.29) is 0 Å². The molecule has 0 N–H and O–H groups in total. The van der Waals surface area contributed by atoms with Gasteiger partial charge in [0.25, 0.3) is 0 Å². The van der Waals surface area contributed by atoms with Crippen molar-refractivity contribution in [3.8, 4) is 0 Å². The van der Waals surface area contributed by atoms with Gasteiger partial charge in [-0.15, -0.1) is 0 Å².